The highest BCUT2D eigenvalue weighted by molar-refractivity contribution is 7.86. The van der Waals surface area contributed by atoms with Crippen molar-refractivity contribution in [3.8, 4) is 0 Å². The van der Waals surface area contributed by atoms with Gasteiger partial charge in [-0.25, -0.2) is 4.79 Å². The number of carbonyl (C=O) groups excluding carboxylic acids is 1. The van der Waals surface area contributed by atoms with Gasteiger partial charge in [0, 0.05) is 13.1 Å². The van der Waals surface area contributed by atoms with Crippen molar-refractivity contribution in [1.29, 1.82) is 0 Å². The van der Waals surface area contributed by atoms with Gasteiger partial charge in [0.2, 0.25) is 0 Å². The number of nitro benzene ring substituents is 2. The topological polar surface area (TPSA) is 159 Å². The summed E-state index contributed by atoms with van der Waals surface area (Å²) in [6.45, 7) is 3.06. The summed E-state index contributed by atoms with van der Waals surface area (Å²) in [7, 11) is -3.91. The number of rotatable bonds is 7. The van der Waals surface area contributed by atoms with Crippen LogP contribution in [0.4, 0.5) is 16.2 Å². The molecular formula is C11H11N3O9S. The molecular weight excluding hydrogens is 350 g/mol. The van der Waals surface area contributed by atoms with E-state index in [1.165, 1.54) is 6.08 Å². The number of nitrogens with zero attached hydrogens (tertiary/aromatic N) is 3. The molecule has 12 nitrogen and oxygen atoms in total. The fraction of sp³-hybridized carbons (Fsp3) is 0.182. The van der Waals surface area contributed by atoms with Gasteiger partial charge in [-0.2, -0.15) is 13.5 Å². The fourth-order valence-corrected chi connectivity index (χ4v) is 2.47. The van der Waals surface area contributed by atoms with Crippen LogP contribution in [0.5, 0.6) is 0 Å². The molecule has 0 unspecified atom stereocenters. The highest BCUT2D eigenvalue weighted by atomic mass is 32.2. The minimum atomic E-state index is -4.81. The first-order valence-corrected chi connectivity index (χ1v) is 7.39. The van der Waals surface area contributed by atoms with Crippen molar-refractivity contribution in [3.63, 3.8) is 0 Å². The second kappa shape index (κ2) is 7.47. The predicted octanol–water partition coefficient (Wildman–Crippen LogP) is 1.38. The van der Waals surface area contributed by atoms with Crippen LogP contribution in [0.25, 0.3) is 0 Å². The number of nitro groups is 2. The van der Waals surface area contributed by atoms with Crippen molar-refractivity contribution in [2.24, 2.45) is 0 Å². The number of ether oxygens (including phenoxy) is 1. The fourth-order valence-electron chi connectivity index (χ4n) is 1.41. The van der Waals surface area contributed by atoms with Crippen LogP contribution >= 0.6 is 0 Å². The average Bonchev–Trinajstić information content (AvgIpc) is 2.51. The molecule has 24 heavy (non-hydrogen) atoms. The normalized spacial score (nSPS) is 10.7. The lowest BCUT2D eigenvalue weighted by Crippen LogP contribution is -2.30. The maximum Gasteiger partial charge on any atom is 0.435 e. The van der Waals surface area contributed by atoms with Gasteiger partial charge < -0.3 is 4.74 Å². The first kappa shape index (κ1) is 19.0. The number of carbonyl (C=O) groups is 1. The molecule has 1 amide bonds. The Hall–Kier alpha value is -3.06. The molecule has 1 rings (SSSR count). The Bertz CT molecular complexity index is 790. The summed E-state index contributed by atoms with van der Waals surface area (Å²) in [5, 5.41) is 21.8. The van der Waals surface area contributed by atoms with Crippen LogP contribution in [-0.2, 0) is 19.1 Å². The number of non-ortho nitro benzene ring substituents is 1. The number of hydrogen-bond acceptors (Lipinski definition) is 9. The van der Waals surface area contributed by atoms with Gasteiger partial charge >= 0.3 is 16.2 Å². The molecule has 130 valence electrons. The van der Waals surface area contributed by atoms with Crippen LogP contribution in [-0.4, -0.2) is 43.1 Å². The van der Waals surface area contributed by atoms with Crippen molar-refractivity contribution >= 4 is 27.6 Å². The van der Waals surface area contributed by atoms with E-state index in [1.54, 1.807) is 0 Å². The molecule has 0 radical (unpaired) electrons. The zero-order valence-corrected chi connectivity index (χ0v) is 13.0. The summed E-state index contributed by atoms with van der Waals surface area (Å²) in [4.78, 5) is 30.0. The second-order valence-electron chi connectivity index (χ2n) is 4.06. The van der Waals surface area contributed by atoms with E-state index in [0.29, 0.717) is 12.1 Å². The SMILES string of the molecule is C=CCOC(=O)N(C)OS(=O)(=O)c1ccc([N+](=O)[O-])cc1[N+](=O)[O-]. The monoisotopic (exact) mass is 361 g/mol. The van der Waals surface area contributed by atoms with Crippen molar-refractivity contribution in [3.05, 3.63) is 51.1 Å². The van der Waals surface area contributed by atoms with Crippen LogP contribution in [0.15, 0.2) is 35.7 Å². The minimum absolute atomic E-state index is 0.198. The third-order valence-corrected chi connectivity index (χ3v) is 3.71. The Kier molecular flexibility index (Phi) is 5.91. The maximum absolute atomic E-state index is 12.1. The van der Waals surface area contributed by atoms with Crippen LogP contribution in [0, 0.1) is 20.2 Å². The van der Waals surface area contributed by atoms with Gasteiger partial charge in [0.25, 0.3) is 11.4 Å². The Balaban J connectivity index is 3.18. The first-order chi connectivity index (χ1) is 11.1. The zero-order valence-electron chi connectivity index (χ0n) is 12.1. The van der Waals surface area contributed by atoms with E-state index in [1.807, 2.05) is 0 Å². The Labute approximate surface area is 135 Å². The van der Waals surface area contributed by atoms with Gasteiger partial charge in [0.15, 0.2) is 4.90 Å². The van der Waals surface area contributed by atoms with Crippen molar-refractivity contribution < 1.29 is 32.1 Å². The zero-order chi connectivity index (χ0) is 18.5. The smallest absolute Gasteiger partial charge is 0.435 e. The lowest BCUT2D eigenvalue weighted by atomic mass is 10.3. The van der Waals surface area contributed by atoms with Crippen LogP contribution < -0.4 is 0 Å². The minimum Gasteiger partial charge on any atom is -0.444 e. The molecule has 13 heteroatoms. The molecule has 0 atom stereocenters. The van der Waals surface area contributed by atoms with E-state index < -0.39 is 42.3 Å². The lowest BCUT2D eigenvalue weighted by molar-refractivity contribution is -0.396. The van der Waals surface area contributed by atoms with Gasteiger partial charge in [0.1, 0.15) is 6.61 Å². The molecule has 0 N–H and O–H groups in total. The average molecular weight is 361 g/mol. The summed E-state index contributed by atoms with van der Waals surface area (Å²) in [5.41, 5.74) is -1.75. The molecule has 0 aliphatic carbocycles. The molecule has 0 bridgehead atoms. The quantitative estimate of drug-likeness (QED) is 0.397. The molecule has 0 heterocycles. The summed E-state index contributed by atoms with van der Waals surface area (Å²) >= 11 is 0. The van der Waals surface area contributed by atoms with Gasteiger partial charge in [-0.15, -0.1) is 4.28 Å². The Morgan fingerprint density at radius 2 is 1.96 bits per heavy atom. The van der Waals surface area contributed by atoms with Gasteiger partial charge in [-0.3, -0.25) is 20.2 Å². The summed E-state index contributed by atoms with van der Waals surface area (Å²) in [6.07, 6.45) is 0.0320. The first-order valence-electron chi connectivity index (χ1n) is 5.99. The van der Waals surface area contributed by atoms with Crippen molar-refractivity contribution in [1.82, 2.24) is 5.06 Å². The predicted molar refractivity (Wildman–Crippen MR) is 77.3 cm³/mol. The Morgan fingerprint density at radius 1 is 1.33 bits per heavy atom. The standard InChI is InChI=1S/C11H11N3O9S/c1-3-6-22-11(15)12(2)23-24(20,21)10-5-4-8(13(16)17)7-9(10)14(18)19/h3-5,7H,1,6H2,2H3. The summed E-state index contributed by atoms with van der Waals surface area (Å²) in [5.74, 6) is 0. The molecule has 0 spiro atoms. The number of hydroxylamine groups is 2. The van der Waals surface area contributed by atoms with Crippen LogP contribution in [0.3, 0.4) is 0 Å². The van der Waals surface area contributed by atoms with Gasteiger partial charge in [0.05, 0.1) is 15.9 Å². The summed E-state index contributed by atoms with van der Waals surface area (Å²) < 4.78 is 33.0. The molecule has 1 aromatic carbocycles. The van der Waals surface area contributed by atoms with Crippen LogP contribution in [0.1, 0.15) is 0 Å². The lowest BCUT2D eigenvalue weighted by Gasteiger charge is -2.15. The van der Waals surface area contributed by atoms with E-state index in [-0.39, 0.29) is 11.7 Å². The Morgan fingerprint density at radius 3 is 2.46 bits per heavy atom. The second-order valence-corrected chi connectivity index (χ2v) is 5.56. The van der Waals surface area contributed by atoms with Crippen molar-refractivity contribution in [2.45, 2.75) is 4.90 Å². The third-order valence-electron chi connectivity index (χ3n) is 2.41. The number of benzene rings is 1. The van der Waals surface area contributed by atoms with E-state index in [2.05, 4.69) is 15.6 Å². The largest absolute Gasteiger partial charge is 0.444 e. The van der Waals surface area contributed by atoms with E-state index in [0.717, 1.165) is 13.1 Å². The molecule has 0 fully saturated rings. The van der Waals surface area contributed by atoms with Gasteiger partial charge in [-0.05, 0) is 6.07 Å². The van der Waals surface area contributed by atoms with E-state index >= 15 is 0 Å². The highest BCUT2D eigenvalue weighted by Crippen LogP contribution is 2.29. The summed E-state index contributed by atoms with van der Waals surface area (Å²) in [6, 6.07) is 1.85. The third kappa shape index (κ3) is 4.47. The van der Waals surface area contributed by atoms with Crippen molar-refractivity contribution in [2.75, 3.05) is 13.7 Å². The molecule has 0 aromatic heterocycles. The number of amides is 1. The van der Waals surface area contributed by atoms with Gasteiger partial charge in [-0.1, -0.05) is 12.7 Å². The number of hydrogen-bond donors (Lipinski definition) is 0. The molecule has 0 saturated heterocycles. The molecule has 1 aromatic rings. The van der Waals surface area contributed by atoms with Crippen LogP contribution in [0.2, 0.25) is 0 Å². The van der Waals surface area contributed by atoms with E-state index in [4.69, 9.17) is 0 Å². The highest BCUT2D eigenvalue weighted by Gasteiger charge is 2.32. The molecule has 0 saturated carbocycles. The molecule has 0 aliphatic heterocycles. The maximum atomic E-state index is 12.1. The molecule has 0 aliphatic rings. The van der Waals surface area contributed by atoms with E-state index in [9.17, 15) is 33.4 Å².